The normalized spacial score (nSPS) is 20.6. The second-order valence-electron chi connectivity index (χ2n) is 5.53. The zero-order valence-corrected chi connectivity index (χ0v) is 11.8. The van der Waals surface area contributed by atoms with Crippen molar-refractivity contribution in [3.63, 3.8) is 0 Å². The molecular weight excluding hydrogens is 294 g/mol. The van der Waals surface area contributed by atoms with E-state index in [9.17, 15) is 9.59 Å². The van der Waals surface area contributed by atoms with Gasteiger partial charge in [-0.05, 0) is 37.2 Å². The van der Waals surface area contributed by atoms with Crippen LogP contribution in [0.1, 0.15) is 41.7 Å². The SMILES string of the molecule is O=C1CCCc2c1ccc(=O)n2CC1(CBr)CC1. The van der Waals surface area contributed by atoms with Crippen molar-refractivity contribution >= 4 is 21.7 Å². The smallest absolute Gasteiger partial charge is 0.250 e. The Bertz CT molecular complexity index is 557. The lowest BCUT2D eigenvalue weighted by Crippen LogP contribution is -2.31. The predicted molar refractivity (Wildman–Crippen MR) is 73.4 cm³/mol. The van der Waals surface area contributed by atoms with E-state index in [1.54, 1.807) is 12.1 Å². The van der Waals surface area contributed by atoms with Crippen molar-refractivity contribution in [1.29, 1.82) is 0 Å². The fourth-order valence-electron chi connectivity index (χ4n) is 2.71. The van der Waals surface area contributed by atoms with Gasteiger partial charge in [0.25, 0.3) is 5.56 Å². The molecule has 0 radical (unpaired) electrons. The van der Waals surface area contributed by atoms with Gasteiger partial charge in [-0.1, -0.05) is 15.9 Å². The number of nitrogens with zero attached hydrogens (tertiary/aromatic N) is 1. The highest BCUT2D eigenvalue weighted by atomic mass is 79.9. The summed E-state index contributed by atoms with van der Waals surface area (Å²) in [6.07, 6.45) is 4.69. The molecule has 0 unspecified atom stereocenters. The maximum Gasteiger partial charge on any atom is 0.250 e. The van der Waals surface area contributed by atoms with Gasteiger partial charge in [0, 0.05) is 35.6 Å². The minimum absolute atomic E-state index is 0.0377. The number of aromatic nitrogens is 1. The Morgan fingerprint density at radius 2 is 2.00 bits per heavy atom. The Morgan fingerprint density at radius 3 is 2.67 bits per heavy atom. The fourth-order valence-corrected chi connectivity index (χ4v) is 3.45. The van der Waals surface area contributed by atoms with Gasteiger partial charge in [0.05, 0.1) is 0 Å². The lowest BCUT2D eigenvalue weighted by atomic mass is 9.94. The van der Waals surface area contributed by atoms with Gasteiger partial charge in [-0.2, -0.15) is 0 Å². The number of rotatable bonds is 3. The molecular formula is C14H16BrNO2. The molecule has 3 nitrogen and oxygen atoms in total. The van der Waals surface area contributed by atoms with Gasteiger partial charge in [-0.3, -0.25) is 9.59 Å². The van der Waals surface area contributed by atoms with E-state index in [0.717, 1.165) is 36.0 Å². The van der Waals surface area contributed by atoms with Crippen LogP contribution in [0.15, 0.2) is 16.9 Å². The van der Waals surface area contributed by atoms with Gasteiger partial charge in [0.15, 0.2) is 5.78 Å². The van der Waals surface area contributed by atoms with Crippen LogP contribution in [0.5, 0.6) is 0 Å². The molecule has 2 aliphatic rings. The number of pyridine rings is 1. The third kappa shape index (κ3) is 1.96. The highest BCUT2D eigenvalue weighted by Crippen LogP contribution is 2.48. The molecule has 0 aromatic carbocycles. The second-order valence-corrected chi connectivity index (χ2v) is 6.09. The maximum absolute atomic E-state index is 12.1. The molecule has 0 amide bonds. The highest BCUT2D eigenvalue weighted by Gasteiger charge is 2.42. The Morgan fingerprint density at radius 1 is 1.22 bits per heavy atom. The molecule has 1 aromatic rings. The van der Waals surface area contributed by atoms with Crippen molar-refractivity contribution in [2.24, 2.45) is 5.41 Å². The van der Waals surface area contributed by atoms with Crippen molar-refractivity contribution in [2.45, 2.75) is 38.6 Å². The van der Waals surface area contributed by atoms with Crippen LogP contribution in [0.2, 0.25) is 0 Å². The van der Waals surface area contributed by atoms with Crippen LogP contribution >= 0.6 is 15.9 Å². The Balaban J connectivity index is 2.05. The van der Waals surface area contributed by atoms with Crippen LogP contribution in [-0.2, 0) is 13.0 Å². The van der Waals surface area contributed by atoms with Gasteiger partial charge in [-0.15, -0.1) is 0 Å². The van der Waals surface area contributed by atoms with Gasteiger partial charge < -0.3 is 4.57 Å². The first-order chi connectivity index (χ1) is 8.65. The van der Waals surface area contributed by atoms with Gasteiger partial charge in [0.2, 0.25) is 0 Å². The Kier molecular flexibility index (Phi) is 2.93. The van der Waals surface area contributed by atoms with Crippen LogP contribution in [0, 0.1) is 5.41 Å². The molecule has 3 rings (SSSR count). The average Bonchev–Trinajstić information content (AvgIpc) is 3.14. The summed E-state index contributed by atoms with van der Waals surface area (Å²) in [6.45, 7) is 0.757. The molecule has 2 aliphatic carbocycles. The molecule has 1 heterocycles. The number of carbonyl (C=O) groups excluding carboxylic acids is 1. The first-order valence-corrected chi connectivity index (χ1v) is 7.59. The summed E-state index contributed by atoms with van der Waals surface area (Å²) >= 11 is 3.54. The fraction of sp³-hybridized carbons (Fsp3) is 0.571. The van der Waals surface area contributed by atoms with Crippen LogP contribution < -0.4 is 5.56 Å². The van der Waals surface area contributed by atoms with Gasteiger partial charge >= 0.3 is 0 Å². The number of Topliss-reactive ketones (excluding diaryl/α,β-unsaturated/α-hetero) is 1. The van der Waals surface area contributed by atoms with E-state index in [4.69, 9.17) is 0 Å². The molecule has 0 bridgehead atoms. The molecule has 0 saturated heterocycles. The van der Waals surface area contributed by atoms with Crippen LogP contribution in [-0.4, -0.2) is 15.7 Å². The Labute approximate surface area is 114 Å². The molecule has 1 fully saturated rings. The zero-order chi connectivity index (χ0) is 12.8. The molecule has 0 spiro atoms. The standard InChI is InChI=1S/C14H16BrNO2/c15-8-14(6-7-14)9-16-11-2-1-3-12(17)10(11)4-5-13(16)18/h4-5H,1-3,6-9H2. The number of hydrogen-bond acceptors (Lipinski definition) is 2. The summed E-state index contributed by atoms with van der Waals surface area (Å²) in [7, 11) is 0. The molecule has 0 atom stereocenters. The van der Waals surface area contributed by atoms with E-state index in [1.165, 1.54) is 12.8 Å². The number of ketones is 1. The highest BCUT2D eigenvalue weighted by molar-refractivity contribution is 9.09. The van der Waals surface area contributed by atoms with Gasteiger partial charge in [0.1, 0.15) is 0 Å². The summed E-state index contributed by atoms with van der Waals surface area (Å²) in [6, 6.07) is 3.26. The van der Waals surface area contributed by atoms with Crippen LogP contribution in [0.25, 0.3) is 0 Å². The summed E-state index contributed by atoms with van der Waals surface area (Å²) in [5, 5.41) is 0.935. The summed E-state index contributed by atoms with van der Waals surface area (Å²) < 4.78 is 1.85. The lowest BCUT2D eigenvalue weighted by Gasteiger charge is -2.22. The van der Waals surface area contributed by atoms with E-state index in [-0.39, 0.29) is 16.8 Å². The number of carbonyl (C=O) groups is 1. The van der Waals surface area contributed by atoms with E-state index in [1.807, 2.05) is 4.57 Å². The monoisotopic (exact) mass is 309 g/mol. The largest absolute Gasteiger partial charge is 0.311 e. The quantitative estimate of drug-likeness (QED) is 0.805. The van der Waals surface area contributed by atoms with Gasteiger partial charge in [-0.25, -0.2) is 0 Å². The summed E-state index contributed by atoms with van der Waals surface area (Å²) in [5.41, 5.74) is 2.02. The third-order valence-corrected chi connectivity index (χ3v) is 5.34. The average molecular weight is 310 g/mol. The van der Waals surface area contributed by atoms with E-state index in [2.05, 4.69) is 15.9 Å². The summed E-state index contributed by atoms with van der Waals surface area (Å²) in [4.78, 5) is 23.9. The van der Waals surface area contributed by atoms with E-state index in [0.29, 0.717) is 6.42 Å². The van der Waals surface area contributed by atoms with Crippen molar-refractivity contribution in [3.8, 4) is 0 Å². The minimum Gasteiger partial charge on any atom is -0.311 e. The van der Waals surface area contributed by atoms with Crippen molar-refractivity contribution in [3.05, 3.63) is 33.7 Å². The minimum atomic E-state index is 0.0377. The molecule has 96 valence electrons. The van der Waals surface area contributed by atoms with E-state index >= 15 is 0 Å². The third-order valence-electron chi connectivity index (χ3n) is 4.15. The maximum atomic E-state index is 12.1. The molecule has 0 aliphatic heterocycles. The second kappa shape index (κ2) is 4.34. The molecule has 1 aromatic heterocycles. The predicted octanol–water partition coefficient (Wildman–Crippen LogP) is 2.54. The molecule has 18 heavy (non-hydrogen) atoms. The number of fused-ring (bicyclic) bond motifs is 1. The number of hydrogen-bond donors (Lipinski definition) is 0. The molecule has 0 N–H and O–H groups in total. The van der Waals surface area contributed by atoms with E-state index < -0.39 is 0 Å². The Hall–Kier alpha value is -0.900. The first kappa shape index (κ1) is 12.2. The van der Waals surface area contributed by atoms with Crippen molar-refractivity contribution in [1.82, 2.24) is 4.57 Å². The van der Waals surface area contributed by atoms with Crippen LogP contribution in [0.4, 0.5) is 0 Å². The van der Waals surface area contributed by atoms with Crippen LogP contribution in [0.3, 0.4) is 0 Å². The first-order valence-electron chi connectivity index (χ1n) is 6.47. The van der Waals surface area contributed by atoms with Crippen molar-refractivity contribution < 1.29 is 4.79 Å². The lowest BCUT2D eigenvalue weighted by molar-refractivity contribution is 0.0970. The topological polar surface area (TPSA) is 39.1 Å². The molecule has 1 saturated carbocycles. The number of alkyl halides is 1. The summed E-state index contributed by atoms with van der Waals surface area (Å²) in [5.74, 6) is 0.189. The van der Waals surface area contributed by atoms with Crippen molar-refractivity contribution in [2.75, 3.05) is 5.33 Å². The number of halogens is 1. The molecule has 4 heteroatoms. The zero-order valence-electron chi connectivity index (χ0n) is 10.2.